The number of aromatic amines is 2. The van der Waals surface area contributed by atoms with Crippen LogP contribution < -0.4 is 11.1 Å². The van der Waals surface area contributed by atoms with Gasteiger partial charge in [-0.1, -0.05) is 6.07 Å². The van der Waals surface area contributed by atoms with Crippen LogP contribution in [-0.4, -0.2) is 9.97 Å². The number of fused-ring (bicyclic) bond motifs is 1. The van der Waals surface area contributed by atoms with Crippen LogP contribution in [0.1, 0.15) is 44.1 Å². The molecule has 0 radical (unpaired) electrons. The van der Waals surface area contributed by atoms with E-state index in [9.17, 15) is 9.59 Å². The van der Waals surface area contributed by atoms with Gasteiger partial charge >= 0.3 is 11.1 Å². The van der Waals surface area contributed by atoms with Gasteiger partial charge in [0, 0.05) is 0 Å². The highest BCUT2D eigenvalue weighted by Crippen LogP contribution is 2.60. The lowest BCUT2D eigenvalue weighted by Gasteiger charge is -2.57. The van der Waals surface area contributed by atoms with Crippen molar-refractivity contribution in [1.29, 1.82) is 0 Å². The lowest BCUT2D eigenvalue weighted by Crippen LogP contribution is -2.48. The molecule has 4 saturated carbocycles. The monoisotopic (exact) mass is 296 g/mol. The molecule has 2 aromatic rings. The van der Waals surface area contributed by atoms with Crippen molar-refractivity contribution in [2.45, 2.75) is 43.9 Å². The summed E-state index contributed by atoms with van der Waals surface area (Å²) in [7, 11) is 0. The second-order valence-electron chi connectivity index (χ2n) is 7.87. The van der Waals surface area contributed by atoms with E-state index < -0.39 is 11.1 Å². The maximum absolute atomic E-state index is 11.6. The van der Waals surface area contributed by atoms with Gasteiger partial charge in [-0.05, 0) is 79.4 Å². The standard InChI is InChI=1S/C18H20N2O2/c21-16-17(22)20-15-6-13(1-2-14(15)19-16)18-7-10-3-11(8-18)5-12(4-10)9-18/h1-2,6,10-12H,3-5,7-9H2,(H,19,21)(H,20,22). The van der Waals surface area contributed by atoms with Crippen molar-refractivity contribution in [2.24, 2.45) is 17.8 Å². The average Bonchev–Trinajstić information content (AvgIpc) is 2.46. The molecule has 1 heterocycles. The van der Waals surface area contributed by atoms with Crippen LogP contribution in [0.15, 0.2) is 27.8 Å². The molecule has 0 aliphatic heterocycles. The average molecular weight is 296 g/mol. The zero-order valence-corrected chi connectivity index (χ0v) is 12.5. The summed E-state index contributed by atoms with van der Waals surface area (Å²) in [5.41, 5.74) is 2.03. The van der Waals surface area contributed by atoms with Gasteiger partial charge in [-0.2, -0.15) is 0 Å². The van der Waals surface area contributed by atoms with Gasteiger partial charge in [0.1, 0.15) is 0 Å². The number of hydrogen-bond acceptors (Lipinski definition) is 2. The van der Waals surface area contributed by atoms with Crippen molar-refractivity contribution < 1.29 is 0 Å². The molecule has 0 atom stereocenters. The first-order chi connectivity index (χ1) is 10.6. The highest BCUT2D eigenvalue weighted by molar-refractivity contribution is 5.74. The fourth-order valence-electron chi connectivity index (χ4n) is 5.91. The Hall–Kier alpha value is -1.84. The molecule has 1 aromatic carbocycles. The van der Waals surface area contributed by atoms with Gasteiger partial charge in [0.25, 0.3) is 0 Å². The van der Waals surface area contributed by atoms with E-state index in [1.165, 1.54) is 44.1 Å². The van der Waals surface area contributed by atoms with Crippen molar-refractivity contribution in [2.75, 3.05) is 0 Å². The van der Waals surface area contributed by atoms with Gasteiger partial charge in [-0.25, -0.2) is 0 Å². The van der Waals surface area contributed by atoms with E-state index in [1.807, 2.05) is 6.07 Å². The van der Waals surface area contributed by atoms with Crippen molar-refractivity contribution in [1.82, 2.24) is 9.97 Å². The maximum Gasteiger partial charge on any atom is 0.314 e. The summed E-state index contributed by atoms with van der Waals surface area (Å²) in [6.07, 6.45) is 8.19. The summed E-state index contributed by atoms with van der Waals surface area (Å²) in [6.45, 7) is 0. The van der Waals surface area contributed by atoms with Gasteiger partial charge in [0.05, 0.1) is 11.0 Å². The molecule has 0 saturated heterocycles. The second-order valence-corrected chi connectivity index (χ2v) is 7.87. The van der Waals surface area contributed by atoms with Crippen molar-refractivity contribution >= 4 is 11.0 Å². The SMILES string of the molecule is O=c1[nH]c2ccc(C34CC5CC(CC(C5)C3)C4)cc2[nH]c1=O. The Morgan fingerprint density at radius 2 is 1.36 bits per heavy atom. The normalized spacial score (nSPS) is 36.1. The first-order valence-electron chi connectivity index (χ1n) is 8.38. The minimum Gasteiger partial charge on any atom is -0.316 e. The molecular formula is C18H20N2O2. The highest BCUT2D eigenvalue weighted by atomic mass is 16.2. The smallest absolute Gasteiger partial charge is 0.314 e. The van der Waals surface area contributed by atoms with E-state index in [0.717, 1.165) is 28.8 Å². The largest absolute Gasteiger partial charge is 0.316 e. The number of hydrogen-bond donors (Lipinski definition) is 2. The van der Waals surface area contributed by atoms with Crippen molar-refractivity contribution in [3.05, 3.63) is 44.5 Å². The molecular weight excluding hydrogens is 276 g/mol. The predicted molar refractivity (Wildman–Crippen MR) is 85.0 cm³/mol. The minimum absolute atomic E-state index is 0.315. The van der Waals surface area contributed by atoms with Crippen LogP contribution in [0, 0.1) is 17.8 Å². The van der Waals surface area contributed by atoms with Gasteiger partial charge in [-0.15, -0.1) is 0 Å². The molecule has 2 N–H and O–H groups in total. The number of benzene rings is 1. The van der Waals surface area contributed by atoms with Crippen LogP contribution in [0.3, 0.4) is 0 Å². The Balaban J connectivity index is 1.66. The zero-order valence-electron chi connectivity index (χ0n) is 12.5. The molecule has 0 amide bonds. The zero-order chi connectivity index (χ0) is 14.9. The second kappa shape index (κ2) is 4.12. The van der Waals surface area contributed by atoms with Crippen molar-refractivity contribution in [3.63, 3.8) is 0 Å². The van der Waals surface area contributed by atoms with E-state index >= 15 is 0 Å². The molecule has 0 unspecified atom stereocenters. The summed E-state index contributed by atoms with van der Waals surface area (Å²) in [5, 5.41) is 0. The number of aromatic nitrogens is 2. The Morgan fingerprint density at radius 1 is 0.818 bits per heavy atom. The van der Waals surface area contributed by atoms with Crippen molar-refractivity contribution in [3.8, 4) is 0 Å². The van der Waals surface area contributed by atoms with Gasteiger partial charge < -0.3 is 9.97 Å². The fraction of sp³-hybridized carbons (Fsp3) is 0.556. The quantitative estimate of drug-likeness (QED) is 0.795. The summed E-state index contributed by atoms with van der Waals surface area (Å²) in [6, 6.07) is 6.24. The molecule has 1 aromatic heterocycles. The minimum atomic E-state index is -0.574. The fourth-order valence-corrected chi connectivity index (χ4v) is 5.91. The van der Waals surface area contributed by atoms with Crippen LogP contribution in [0.4, 0.5) is 0 Å². The Morgan fingerprint density at radius 3 is 1.95 bits per heavy atom. The van der Waals surface area contributed by atoms with Crippen LogP contribution in [0.5, 0.6) is 0 Å². The summed E-state index contributed by atoms with van der Waals surface area (Å²) >= 11 is 0. The van der Waals surface area contributed by atoms with Crippen LogP contribution >= 0.6 is 0 Å². The van der Waals surface area contributed by atoms with E-state index in [4.69, 9.17) is 0 Å². The third kappa shape index (κ3) is 1.70. The molecule has 22 heavy (non-hydrogen) atoms. The van der Waals surface area contributed by atoms with Gasteiger partial charge in [-0.3, -0.25) is 9.59 Å². The van der Waals surface area contributed by atoms with Gasteiger partial charge in [0.2, 0.25) is 0 Å². The Bertz CT molecular complexity index is 841. The highest BCUT2D eigenvalue weighted by Gasteiger charge is 2.51. The Kier molecular flexibility index (Phi) is 2.37. The number of rotatable bonds is 1. The first-order valence-corrected chi connectivity index (χ1v) is 8.38. The van der Waals surface area contributed by atoms with Crippen LogP contribution in [-0.2, 0) is 5.41 Å². The van der Waals surface area contributed by atoms with E-state index in [1.54, 1.807) is 0 Å². The predicted octanol–water partition coefficient (Wildman–Crippen LogP) is 2.68. The molecule has 4 heteroatoms. The van der Waals surface area contributed by atoms with Crippen LogP contribution in [0.2, 0.25) is 0 Å². The van der Waals surface area contributed by atoms with E-state index in [-0.39, 0.29) is 0 Å². The molecule has 0 spiro atoms. The lowest BCUT2D eigenvalue weighted by molar-refractivity contribution is -0.00513. The third-order valence-corrected chi connectivity index (χ3v) is 6.37. The lowest BCUT2D eigenvalue weighted by atomic mass is 9.48. The topological polar surface area (TPSA) is 65.7 Å². The molecule has 6 rings (SSSR count). The Labute approximate surface area is 128 Å². The van der Waals surface area contributed by atoms with Crippen LogP contribution in [0.25, 0.3) is 11.0 Å². The van der Waals surface area contributed by atoms with E-state index in [0.29, 0.717) is 5.41 Å². The van der Waals surface area contributed by atoms with E-state index in [2.05, 4.69) is 22.1 Å². The molecule has 4 nitrogen and oxygen atoms in total. The molecule has 4 aliphatic carbocycles. The first kappa shape index (κ1) is 12.7. The molecule has 4 bridgehead atoms. The number of nitrogens with one attached hydrogen (secondary N) is 2. The maximum atomic E-state index is 11.6. The summed E-state index contributed by atoms with van der Waals surface area (Å²) in [4.78, 5) is 28.4. The summed E-state index contributed by atoms with van der Waals surface area (Å²) in [5.74, 6) is 2.70. The summed E-state index contributed by atoms with van der Waals surface area (Å²) < 4.78 is 0. The number of H-pyrrole nitrogens is 2. The molecule has 4 aliphatic rings. The van der Waals surface area contributed by atoms with Gasteiger partial charge in [0.15, 0.2) is 0 Å². The third-order valence-electron chi connectivity index (χ3n) is 6.37. The molecule has 4 fully saturated rings. The molecule has 114 valence electrons.